The number of fused-ring (bicyclic) bond motifs is 5. The summed E-state index contributed by atoms with van der Waals surface area (Å²) in [4.78, 5) is 32.2. The fourth-order valence-corrected chi connectivity index (χ4v) is 10.3. The van der Waals surface area contributed by atoms with Crippen LogP contribution in [0.1, 0.15) is 218 Å². The van der Waals surface area contributed by atoms with Gasteiger partial charge < -0.3 is 25.5 Å². The topological polar surface area (TPSA) is 96.5 Å². The molecule has 3 saturated carbocycles. The standard InChI is InChI=1S/C34H59NO2.C7H15NO.C6H12NO.6CH4.Y/c1-8-24(4)21-35-32(36)22-37-27-16-18-33(6)26(20-27)12-13-28-30-15-14-29(25(5)11-9-10-23(2)3)34(30,7)19-17-31(28)33;1-4-6(2)5-8-7(3)9;1-3-6(2)4-7-5-8;;;;;;;/h12,23-25,27-31H,8-11,13-22H2,1-7H3,(H,35,36);6H,4-5H2,1-3H3,(H,8,9);6H,3-4H2,1-2H3,(H,7,8);6*1H4;/q;;-1;;;;;;;/t24?,25?,27-,28?,29?,30?,31?,33-,34+;;;;;;;;;/m0........./s1. The molecule has 61 heavy (non-hydrogen) atoms. The van der Waals surface area contributed by atoms with E-state index < -0.39 is 0 Å². The zero-order chi connectivity index (χ0) is 40.5. The Balaban J connectivity index is -0.000000268. The summed E-state index contributed by atoms with van der Waals surface area (Å²) in [6.07, 6.45) is 22.5. The Hall–Kier alpha value is -0.786. The summed E-state index contributed by atoms with van der Waals surface area (Å²) in [5.41, 5.74) is 2.57. The van der Waals surface area contributed by atoms with Crippen molar-refractivity contribution >= 4 is 18.2 Å². The Morgan fingerprint density at radius 1 is 0.770 bits per heavy atom. The fourth-order valence-electron chi connectivity index (χ4n) is 10.3. The summed E-state index contributed by atoms with van der Waals surface area (Å²) < 4.78 is 6.16. The molecule has 1 radical (unpaired) electrons. The number of ether oxygens (including phenoxy) is 1. The van der Waals surface area contributed by atoms with Crippen LogP contribution < -0.4 is 16.0 Å². The van der Waals surface area contributed by atoms with E-state index in [2.05, 4.69) is 98.2 Å². The van der Waals surface area contributed by atoms with E-state index in [1.807, 2.05) is 0 Å². The largest absolute Gasteiger partial charge is 0.530 e. The van der Waals surface area contributed by atoms with Crippen LogP contribution in [-0.2, 0) is 51.8 Å². The molecule has 8 unspecified atom stereocenters. The molecule has 3 N–H and O–H groups in total. The van der Waals surface area contributed by atoms with Crippen molar-refractivity contribution < 1.29 is 51.8 Å². The Morgan fingerprint density at radius 3 is 1.85 bits per heavy atom. The van der Waals surface area contributed by atoms with Crippen LogP contribution >= 0.6 is 0 Å². The van der Waals surface area contributed by atoms with E-state index in [1.165, 1.54) is 57.8 Å². The fraction of sp³-hybridized carbons (Fsp3) is 0.906. The van der Waals surface area contributed by atoms with Crippen LogP contribution in [0.3, 0.4) is 0 Å². The van der Waals surface area contributed by atoms with Crippen molar-refractivity contribution in [3.05, 3.63) is 11.6 Å². The van der Waals surface area contributed by atoms with Gasteiger partial charge >= 0.3 is 0 Å². The Bertz CT molecular complexity index is 1150. The van der Waals surface area contributed by atoms with Crippen LogP contribution in [0.4, 0.5) is 0 Å². The molecule has 0 heterocycles. The van der Waals surface area contributed by atoms with E-state index in [0.29, 0.717) is 28.6 Å². The third-order valence-corrected chi connectivity index (χ3v) is 14.7. The molecule has 0 spiro atoms. The van der Waals surface area contributed by atoms with E-state index in [1.54, 1.807) is 18.9 Å². The second-order valence-electron chi connectivity index (χ2n) is 19.2. The summed E-state index contributed by atoms with van der Waals surface area (Å²) in [5.74, 6) is 7.12. The Labute approximate surface area is 409 Å². The van der Waals surface area contributed by atoms with Gasteiger partial charge in [-0.3, -0.25) is 9.59 Å². The number of allylic oxidation sites excluding steroid dienone is 1. The molecular formula is C53H110N3O4Y-. The molecule has 11 atom stereocenters. The minimum atomic E-state index is 0. The first kappa shape index (κ1) is 71.8. The first-order chi connectivity index (χ1) is 25.6. The third-order valence-electron chi connectivity index (χ3n) is 14.7. The van der Waals surface area contributed by atoms with Gasteiger partial charge in [0.25, 0.3) is 0 Å². The monoisotopic (exact) mass is 942 g/mol. The summed E-state index contributed by atoms with van der Waals surface area (Å²) in [6, 6.07) is 0. The average Bonchev–Trinajstić information content (AvgIpc) is 3.51. The molecule has 4 rings (SSSR count). The van der Waals surface area contributed by atoms with Gasteiger partial charge in [-0.1, -0.05) is 171 Å². The van der Waals surface area contributed by atoms with Gasteiger partial charge in [0, 0.05) is 52.7 Å². The van der Waals surface area contributed by atoms with E-state index in [9.17, 15) is 14.4 Å². The van der Waals surface area contributed by atoms with Crippen molar-refractivity contribution in [1.29, 1.82) is 0 Å². The average molecular weight is 942 g/mol. The number of hydrogen-bond donors (Lipinski definition) is 3. The van der Waals surface area contributed by atoms with Gasteiger partial charge in [0.1, 0.15) is 6.61 Å². The first-order valence-corrected chi connectivity index (χ1v) is 22.5. The summed E-state index contributed by atoms with van der Waals surface area (Å²) in [6.45, 7) is 29.5. The van der Waals surface area contributed by atoms with Gasteiger partial charge in [-0.15, -0.1) is 0 Å². The summed E-state index contributed by atoms with van der Waals surface area (Å²) in [5, 5.41) is 8.30. The number of carbonyl (C=O) groups is 2. The molecule has 0 aliphatic heterocycles. The minimum absolute atomic E-state index is 0. The maximum atomic E-state index is 12.3. The van der Waals surface area contributed by atoms with Gasteiger partial charge in [0.05, 0.1) is 6.10 Å². The Kier molecular flexibility index (Phi) is 42.9. The van der Waals surface area contributed by atoms with E-state index in [-0.39, 0.29) is 102 Å². The van der Waals surface area contributed by atoms with Gasteiger partial charge in [-0.25, -0.2) is 0 Å². The molecule has 7 nitrogen and oxygen atoms in total. The van der Waals surface area contributed by atoms with Crippen LogP contribution in [-0.4, -0.2) is 50.6 Å². The van der Waals surface area contributed by atoms with Gasteiger partial charge in [-0.05, 0) is 122 Å². The number of amides is 3. The van der Waals surface area contributed by atoms with Crippen molar-refractivity contribution in [2.24, 2.45) is 64.1 Å². The van der Waals surface area contributed by atoms with Gasteiger partial charge in [0.2, 0.25) is 11.8 Å². The maximum Gasteiger partial charge on any atom is 0.246 e. The molecule has 365 valence electrons. The second-order valence-corrected chi connectivity index (χ2v) is 19.2. The molecule has 0 saturated heterocycles. The second kappa shape index (κ2) is 36.4. The zero-order valence-corrected chi connectivity index (χ0v) is 40.6. The third kappa shape index (κ3) is 22.8. The molecule has 3 amide bonds. The number of carbonyl (C=O) groups excluding carboxylic acids is 3. The smallest absolute Gasteiger partial charge is 0.246 e. The molecule has 0 aromatic heterocycles. The van der Waals surface area contributed by atoms with E-state index >= 15 is 0 Å². The zero-order valence-electron chi connectivity index (χ0n) is 37.8. The summed E-state index contributed by atoms with van der Waals surface area (Å²) in [7, 11) is 0. The minimum Gasteiger partial charge on any atom is -0.530 e. The number of nitrogens with one attached hydrogen (secondary N) is 3. The first-order valence-electron chi connectivity index (χ1n) is 22.5. The van der Waals surface area contributed by atoms with Crippen LogP contribution in [0, 0.1) is 64.1 Å². The normalized spacial score (nSPS) is 27.1. The van der Waals surface area contributed by atoms with Crippen molar-refractivity contribution in [2.45, 2.75) is 224 Å². The predicted octanol–water partition coefficient (Wildman–Crippen LogP) is 14.2. The van der Waals surface area contributed by atoms with E-state index in [4.69, 9.17) is 4.74 Å². The molecule has 8 heteroatoms. The van der Waals surface area contributed by atoms with Crippen molar-refractivity contribution in [3.8, 4) is 0 Å². The Morgan fingerprint density at radius 2 is 1.33 bits per heavy atom. The molecule has 0 bridgehead atoms. The van der Waals surface area contributed by atoms with Crippen LogP contribution in [0.2, 0.25) is 0 Å². The van der Waals surface area contributed by atoms with Gasteiger partial charge in [-0.2, -0.15) is 6.41 Å². The van der Waals surface area contributed by atoms with Crippen molar-refractivity contribution in [2.75, 3.05) is 26.2 Å². The van der Waals surface area contributed by atoms with Gasteiger partial charge in [0.15, 0.2) is 0 Å². The molecule has 4 aliphatic carbocycles. The SMILES string of the molecule is C.C.C.C.C.C.CCC(C)CNC(=O)CO[C@H]1CC[C@@]2(C)C(=CCC3C4CCC(C(C)CCCC(C)C)[C@@]4(C)CCC32)C1.CCC(C)CNC(C)=O.CCC(C)CN[C-]=O.[Y]. The van der Waals surface area contributed by atoms with Crippen LogP contribution in [0.25, 0.3) is 0 Å². The molecule has 0 aromatic rings. The predicted molar refractivity (Wildman–Crippen MR) is 267 cm³/mol. The maximum absolute atomic E-state index is 12.3. The number of hydrogen-bond acceptors (Lipinski definition) is 4. The van der Waals surface area contributed by atoms with Crippen molar-refractivity contribution in [1.82, 2.24) is 16.0 Å². The molecule has 3 fully saturated rings. The number of rotatable bonds is 18. The van der Waals surface area contributed by atoms with Crippen molar-refractivity contribution in [3.63, 3.8) is 0 Å². The summed E-state index contributed by atoms with van der Waals surface area (Å²) >= 11 is 0. The van der Waals surface area contributed by atoms with Crippen LogP contribution in [0.15, 0.2) is 11.6 Å². The quantitative estimate of drug-likeness (QED) is 0.0724. The van der Waals surface area contributed by atoms with E-state index in [0.717, 1.165) is 87.2 Å². The molecular weight excluding hydrogens is 832 g/mol. The molecule has 4 aliphatic rings. The van der Waals surface area contributed by atoms with Crippen LogP contribution in [0.5, 0.6) is 0 Å². The molecule has 0 aromatic carbocycles.